The summed E-state index contributed by atoms with van der Waals surface area (Å²) < 4.78 is 1.53. The number of benzene rings is 1. The van der Waals surface area contributed by atoms with Gasteiger partial charge in [0.1, 0.15) is 0 Å². The fourth-order valence-corrected chi connectivity index (χ4v) is 2.56. The summed E-state index contributed by atoms with van der Waals surface area (Å²) in [5.41, 5.74) is 1.79. The van der Waals surface area contributed by atoms with E-state index in [0.29, 0.717) is 5.52 Å². The first-order chi connectivity index (χ1) is 8.77. The van der Waals surface area contributed by atoms with Crippen LogP contribution in [0.3, 0.4) is 0 Å². The minimum Gasteiger partial charge on any atom is -0.503 e. The Kier molecular flexibility index (Phi) is 1.56. The van der Waals surface area contributed by atoms with Gasteiger partial charge in [-0.15, -0.1) is 0 Å². The summed E-state index contributed by atoms with van der Waals surface area (Å²) in [6, 6.07) is 11.0. The minimum absolute atomic E-state index is 0.274. The van der Waals surface area contributed by atoms with E-state index < -0.39 is 5.56 Å². The van der Waals surface area contributed by atoms with Crippen molar-refractivity contribution in [2.24, 2.45) is 0 Å². The van der Waals surface area contributed by atoms with Crippen molar-refractivity contribution in [3.63, 3.8) is 0 Å². The van der Waals surface area contributed by atoms with E-state index in [-0.39, 0.29) is 5.75 Å². The minimum atomic E-state index is -0.401. The van der Waals surface area contributed by atoms with E-state index >= 15 is 0 Å². The van der Waals surface area contributed by atoms with E-state index in [4.69, 9.17) is 0 Å². The van der Waals surface area contributed by atoms with Gasteiger partial charge in [-0.3, -0.25) is 14.2 Å². The average Bonchev–Trinajstić information content (AvgIpc) is 2.73. The topological polar surface area (TPSA) is 54.6 Å². The lowest BCUT2D eigenvalue weighted by molar-refractivity contribution is 0.466. The second-order valence-electron chi connectivity index (χ2n) is 4.28. The second-order valence-corrected chi connectivity index (χ2v) is 4.28. The lowest BCUT2D eigenvalue weighted by atomic mass is 10.2. The molecule has 3 aromatic heterocycles. The molecule has 0 saturated carbocycles. The summed E-state index contributed by atoms with van der Waals surface area (Å²) >= 11 is 0. The molecule has 0 spiro atoms. The molecule has 0 aliphatic heterocycles. The molecule has 0 bridgehead atoms. The van der Waals surface area contributed by atoms with E-state index in [0.717, 1.165) is 21.8 Å². The summed E-state index contributed by atoms with van der Waals surface area (Å²) in [7, 11) is 0. The Morgan fingerprint density at radius 3 is 2.83 bits per heavy atom. The van der Waals surface area contributed by atoms with Gasteiger partial charge in [0.25, 0.3) is 5.56 Å². The van der Waals surface area contributed by atoms with Gasteiger partial charge in [0.05, 0.1) is 16.6 Å². The van der Waals surface area contributed by atoms with Crippen molar-refractivity contribution in [3.05, 3.63) is 52.9 Å². The first kappa shape index (κ1) is 9.41. The Balaban J connectivity index is 2.55. The van der Waals surface area contributed by atoms with Gasteiger partial charge in [0.15, 0.2) is 5.75 Å². The van der Waals surface area contributed by atoms with E-state index in [1.165, 1.54) is 10.5 Å². The molecule has 0 aliphatic carbocycles. The van der Waals surface area contributed by atoms with Gasteiger partial charge in [0, 0.05) is 23.0 Å². The maximum Gasteiger partial charge on any atom is 0.297 e. The fraction of sp³-hybridized carbons (Fsp3) is 0. The Hall–Kier alpha value is -2.62. The molecule has 0 atom stereocenters. The summed E-state index contributed by atoms with van der Waals surface area (Å²) in [6.07, 6.45) is 1.69. The summed E-state index contributed by atoms with van der Waals surface area (Å²) in [4.78, 5) is 16.3. The molecule has 0 unspecified atom stereocenters. The smallest absolute Gasteiger partial charge is 0.297 e. The summed E-state index contributed by atoms with van der Waals surface area (Å²) in [5, 5.41) is 11.7. The number of rotatable bonds is 0. The SMILES string of the molecule is O=c1c(O)cc2nccc3c4ccccc4n1c23. The van der Waals surface area contributed by atoms with Gasteiger partial charge in [-0.05, 0) is 12.1 Å². The van der Waals surface area contributed by atoms with Crippen molar-refractivity contribution < 1.29 is 5.11 Å². The molecule has 0 fully saturated rings. The number of nitrogens with zero attached hydrogens (tertiary/aromatic N) is 2. The van der Waals surface area contributed by atoms with E-state index in [9.17, 15) is 9.90 Å². The molecule has 0 amide bonds. The molecule has 0 aliphatic rings. The Morgan fingerprint density at radius 1 is 1.11 bits per heavy atom. The van der Waals surface area contributed by atoms with E-state index in [1.807, 2.05) is 30.3 Å². The van der Waals surface area contributed by atoms with Crippen LogP contribution in [-0.2, 0) is 0 Å². The van der Waals surface area contributed by atoms with Crippen molar-refractivity contribution in [1.82, 2.24) is 9.38 Å². The first-order valence-electron chi connectivity index (χ1n) is 5.61. The first-order valence-corrected chi connectivity index (χ1v) is 5.61. The third-order valence-corrected chi connectivity index (χ3v) is 3.31. The van der Waals surface area contributed by atoms with Gasteiger partial charge in [-0.1, -0.05) is 18.2 Å². The van der Waals surface area contributed by atoms with Crippen LogP contribution in [0.1, 0.15) is 0 Å². The van der Waals surface area contributed by atoms with Crippen molar-refractivity contribution in [1.29, 1.82) is 0 Å². The molecule has 3 heterocycles. The van der Waals surface area contributed by atoms with Crippen LogP contribution in [0.5, 0.6) is 5.75 Å². The van der Waals surface area contributed by atoms with Gasteiger partial charge in [-0.25, -0.2) is 0 Å². The highest BCUT2D eigenvalue weighted by Gasteiger charge is 2.15. The highest BCUT2D eigenvalue weighted by Crippen LogP contribution is 2.30. The molecule has 4 aromatic rings. The predicted molar refractivity (Wildman–Crippen MR) is 69.3 cm³/mol. The van der Waals surface area contributed by atoms with Crippen LogP contribution < -0.4 is 5.56 Å². The van der Waals surface area contributed by atoms with Crippen LogP contribution >= 0.6 is 0 Å². The lowest BCUT2D eigenvalue weighted by Crippen LogP contribution is -2.11. The van der Waals surface area contributed by atoms with Crippen LogP contribution in [0, 0.1) is 0 Å². The van der Waals surface area contributed by atoms with Crippen molar-refractivity contribution in [2.75, 3.05) is 0 Å². The van der Waals surface area contributed by atoms with Gasteiger partial charge in [0.2, 0.25) is 0 Å². The van der Waals surface area contributed by atoms with E-state index in [1.54, 1.807) is 6.20 Å². The number of aromatic nitrogens is 2. The summed E-state index contributed by atoms with van der Waals surface area (Å²) in [5.74, 6) is -0.274. The Labute approximate surface area is 101 Å². The molecule has 86 valence electrons. The Morgan fingerprint density at radius 2 is 1.94 bits per heavy atom. The van der Waals surface area contributed by atoms with Crippen LogP contribution in [-0.4, -0.2) is 14.5 Å². The molecule has 4 heteroatoms. The zero-order valence-corrected chi connectivity index (χ0v) is 9.29. The Bertz CT molecular complexity index is 956. The monoisotopic (exact) mass is 236 g/mol. The number of fused-ring (bicyclic) bond motifs is 3. The number of para-hydroxylation sites is 1. The third kappa shape index (κ3) is 0.953. The maximum absolute atomic E-state index is 12.1. The van der Waals surface area contributed by atoms with Gasteiger partial charge >= 0.3 is 0 Å². The fourth-order valence-electron chi connectivity index (χ4n) is 2.56. The zero-order valence-electron chi connectivity index (χ0n) is 9.29. The molecule has 4 nitrogen and oxygen atoms in total. The van der Waals surface area contributed by atoms with Crippen LogP contribution in [0.15, 0.2) is 47.4 Å². The largest absolute Gasteiger partial charge is 0.503 e. The molecule has 1 aromatic carbocycles. The van der Waals surface area contributed by atoms with Gasteiger partial charge < -0.3 is 5.11 Å². The predicted octanol–water partition coefficient (Wildman–Crippen LogP) is 2.14. The standard InChI is InChI=1S/C14H8N2O2/c17-12-7-10-13-9(5-6-15-10)8-3-1-2-4-11(8)16(13)14(12)18/h1-7,17H. The highest BCUT2D eigenvalue weighted by atomic mass is 16.3. The molecular weight excluding hydrogens is 228 g/mol. The third-order valence-electron chi connectivity index (χ3n) is 3.31. The van der Waals surface area contributed by atoms with Crippen molar-refractivity contribution in [2.45, 2.75) is 0 Å². The number of pyridine rings is 2. The number of aromatic hydroxyl groups is 1. The molecule has 1 N–H and O–H groups in total. The lowest BCUT2D eigenvalue weighted by Gasteiger charge is -2.00. The van der Waals surface area contributed by atoms with Gasteiger partial charge in [-0.2, -0.15) is 0 Å². The highest BCUT2D eigenvalue weighted by molar-refractivity contribution is 6.12. The normalized spacial score (nSPS) is 11.8. The molecule has 4 rings (SSSR count). The van der Waals surface area contributed by atoms with Crippen LogP contribution in [0.4, 0.5) is 0 Å². The second kappa shape index (κ2) is 2.98. The zero-order chi connectivity index (χ0) is 12.3. The quantitative estimate of drug-likeness (QED) is 0.509. The van der Waals surface area contributed by atoms with E-state index in [2.05, 4.69) is 4.98 Å². The summed E-state index contributed by atoms with van der Waals surface area (Å²) in [6.45, 7) is 0. The number of hydrogen-bond donors (Lipinski definition) is 1. The molecule has 0 radical (unpaired) electrons. The maximum atomic E-state index is 12.1. The van der Waals surface area contributed by atoms with Crippen molar-refractivity contribution in [3.8, 4) is 5.75 Å². The van der Waals surface area contributed by atoms with Crippen molar-refractivity contribution >= 4 is 27.3 Å². The molecule has 0 saturated heterocycles. The van der Waals surface area contributed by atoms with Crippen LogP contribution in [0.2, 0.25) is 0 Å². The molecular formula is C14H8N2O2. The number of hydrogen-bond acceptors (Lipinski definition) is 3. The average molecular weight is 236 g/mol. The van der Waals surface area contributed by atoms with Crippen LogP contribution in [0.25, 0.3) is 27.3 Å². The molecule has 18 heavy (non-hydrogen) atoms.